The van der Waals surface area contributed by atoms with E-state index in [1.54, 1.807) is 12.1 Å². The van der Waals surface area contributed by atoms with Crippen LogP contribution in [-0.4, -0.2) is 22.7 Å². The molecule has 6 nitrogen and oxygen atoms in total. The van der Waals surface area contributed by atoms with Crippen LogP contribution in [0.4, 0.5) is 13.6 Å². The second-order valence-corrected chi connectivity index (χ2v) is 6.14. The highest BCUT2D eigenvalue weighted by molar-refractivity contribution is 6.07. The van der Waals surface area contributed by atoms with Crippen molar-refractivity contribution < 1.29 is 23.2 Å². The lowest BCUT2D eigenvalue weighted by Crippen LogP contribution is -2.41. The number of hydrogen-bond acceptors (Lipinski definition) is 3. The maximum absolute atomic E-state index is 13.5. The first-order valence-corrected chi connectivity index (χ1v) is 7.71. The minimum Gasteiger partial charge on any atom is -0.366 e. The largest absolute Gasteiger partial charge is 0.366 e. The third kappa shape index (κ3) is 2.90. The van der Waals surface area contributed by atoms with Gasteiger partial charge in [0.1, 0.15) is 5.54 Å². The predicted molar refractivity (Wildman–Crippen MR) is 87.8 cm³/mol. The van der Waals surface area contributed by atoms with Crippen LogP contribution in [0, 0.1) is 11.6 Å². The van der Waals surface area contributed by atoms with Crippen LogP contribution in [0.2, 0.25) is 0 Å². The Morgan fingerprint density at radius 2 is 1.77 bits per heavy atom. The van der Waals surface area contributed by atoms with E-state index in [1.807, 2.05) is 0 Å². The van der Waals surface area contributed by atoms with Gasteiger partial charge in [0, 0.05) is 5.56 Å². The Morgan fingerprint density at radius 1 is 1.12 bits per heavy atom. The number of urea groups is 1. The molecule has 1 heterocycles. The second kappa shape index (κ2) is 6.21. The van der Waals surface area contributed by atoms with Crippen molar-refractivity contribution >= 4 is 17.8 Å². The first-order valence-electron chi connectivity index (χ1n) is 7.71. The summed E-state index contributed by atoms with van der Waals surface area (Å²) in [6, 6.07) is 8.53. The second-order valence-electron chi connectivity index (χ2n) is 6.14. The Kier molecular flexibility index (Phi) is 4.19. The van der Waals surface area contributed by atoms with Gasteiger partial charge in [0.2, 0.25) is 5.91 Å². The van der Waals surface area contributed by atoms with Gasteiger partial charge in [0.15, 0.2) is 11.6 Å². The molecule has 1 saturated heterocycles. The fourth-order valence-electron chi connectivity index (χ4n) is 2.80. The van der Waals surface area contributed by atoms with Crippen LogP contribution in [0.1, 0.15) is 28.4 Å². The summed E-state index contributed by atoms with van der Waals surface area (Å²) in [6.07, 6.45) is 0. The number of imide groups is 1. The number of nitrogens with two attached hydrogens (primary N) is 1. The molecule has 1 atom stereocenters. The van der Waals surface area contributed by atoms with Gasteiger partial charge in [0.05, 0.1) is 6.54 Å². The smallest absolute Gasteiger partial charge is 0.325 e. The van der Waals surface area contributed by atoms with E-state index in [0.29, 0.717) is 11.1 Å². The number of rotatable bonds is 4. The van der Waals surface area contributed by atoms with Crippen molar-refractivity contribution in [3.63, 3.8) is 0 Å². The maximum atomic E-state index is 13.5. The van der Waals surface area contributed by atoms with Crippen LogP contribution in [0.25, 0.3) is 0 Å². The van der Waals surface area contributed by atoms with Crippen molar-refractivity contribution in [2.45, 2.75) is 19.0 Å². The van der Waals surface area contributed by atoms with E-state index >= 15 is 0 Å². The SMILES string of the molecule is CC1(c2ccc(F)c(F)c2)NC(=O)N(Cc2ccc(C(N)=O)cc2)C1=O. The van der Waals surface area contributed by atoms with E-state index in [0.717, 1.165) is 17.0 Å². The zero-order valence-electron chi connectivity index (χ0n) is 13.8. The molecule has 2 aromatic carbocycles. The molecule has 4 amide bonds. The van der Waals surface area contributed by atoms with E-state index in [2.05, 4.69) is 5.32 Å². The molecule has 1 aliphatic rings. The molecule has 3 rings (SSSR count). The van der Waals surface area contributed by atoms with E-state index in [4.69, 9.17) is 5.73 Å². The Morgan fingerprint density at radius 3 is 2.35 bits per heavy atom. The zero-order chi connectivity index (χ0) is 19.1. The Hall–Kier alpha value is -3.29. The summed E-state index contributed by atoms with van der Waals surface area (Å²) in [6.45, 7) is 1.39. The van der Waals surface area contributed by atoms with Crippen LogP contribution >= 0.6 is 0 Å². The molecule has 134 valence electrons. The summed E-state index contributed by atoms with van der Waals surface area (Å²) in [4.78, 5) is 37.1. The molecule has 0 aromatic heterocycles. The van der Waals surface area contributed by atoms with Gasteiger partial charge in [0.25, 0.3) is 5.91 Å². The molecule has 26 heavy (non-hydrogen) atoms. The first-order chi connectivity index (χ1) is 12.2. The highest BCUT2D eigenvalue weighted by Gasteiger charge is 2.49. The number of nitrogens with one attached hydrogen (secondary N) is 1. The van der Waals surface area contributed by atoms with Gasteiger partial charge in [-0.2, -0.15) is 0 Å². The lowest BCUT2D eigenvalue weighted by Gasteiger charge is -2.22. The number of hydrogen-bond donors (Lipinski definition) is 2. The standard InChI is InChI=1S/C18H15F2N3O3/c1-18(12-6-7-13(19)14(20)8-12)16(25)23(17(26)22-18)9-10-2-4-11(5-3-10)15(21)24/h2-8H,9H2,1H3,(H2,21,24)(H,22,26). The molecule has 1 aliphatic heterocycles. The Balaban J connectivity index is 1.86. The summed E-state index contributed by atoms with van der Waals surface area (Å²) in [5.41, 5.74) is 4.72. The number of halogens is 2. The Bertz CT molecular complexity index is 914. The molecule has 0 spiro atoms. The van der Waals surface area contributed by atoms with Gasteiger partial charge in [-0.3, -0.25) is 14.5 Å². The third-order valence-electron chi connectivity index (χ3n) is 4.35. The number of nitrogens with zero attached hydrogens (tertiary/aromatic N) is 1. The van der Waals surface area contributed by atoms with E-state index in [1.165, 1.54) is 25.1 Å². The van der Waals surface area contributed by atoms with Gasteiger partial charge < -0.3 is 11.1 Å². The molecular formula is C18H15F2N3O3. The quantitative estimate of drug-likeness (QED) is 0.818. The minimum atomic E-state index is -1.50. The van der Waals surface area contributed by atoms with Crippen LogP contribution in [0.3, 0.4) is 0 Å². The van der Waals surface area contributed by atoms with Gasteiger partial charge in [-0.05, 0) is 42.3 Å². The zero-order valence-corrected chi connectivity index (χ0v) is 13.8. The average molecular weight is 359 g/mol. The highest BCUT2D eigenvalue weighted by Crippen LogP contribution is 2.30. The summed E-state index contributed by atoms with van der Waals surface area (Å²) < 4.78 is 26.7. The van der Waals surface area contributed by atoms with Crippen molar-refractivity contribution in [3.05, 3.63) is 70.8 Å². The predicted octanol–water partition coefficient (Wildman–Crippen LogP) is 2.03. The van der Waals surface area contributed by atoms with Gasteiger partial charge in [-0.25, -0.2) is 13.6 Å². The molecule has 0 radical (unpaired) electrons. The number of benzene rings is 2. The normalized spacial score (nSPS) is 19.6. The van der Waals surface area contributed by atoms with Crippen LogP contribution in [0.5, 0.6) is 0 Å². The van der Waals surface area contributed by atoms with Gasteiger partial charge in [-0.15, -0.1) is 0 Å². The van der Waals surface area contributed by atoms with Crippen molar-refractivity contribution in [2.75, 3.05) is 0 Å². The fraction of sp³-hybridized carbons (Fsp3) is 0.167. The lowest BCUT2D eigenvalue weighted by atomic mass is 9.92. The molecule has 2 aromatic rings. The van der Waals surface area contributed by atoms with Crippen molar-refractivity contribution in [1.82, 2.24) is 10.2 Å². The third-order valence-corrected chi connectivity index (χ3v) is 4.35. The summed E-state index contributed by atoms with van der Waals surface area (Å²) in [5, 5.41) is 2.52. The van der Waals surface area contributed by atoms with E-state index < -0.39 is 35.0 Å². The van der Waals surface area contributed by atoms with Gasteiger partial charge in [-0.1, -0.05) is 18.2 Å². The van der Waals surface area contributed by atoms with E-state index in [-0.39, 0.29) is 12.1 Å². The van der Waals surface area contributed by atoms with Crippen LogP contribution in [0.15, 0.2) is 42.5 Å². The van der Waals surface area contributed by atoms with Crippen LogP contribution < -0.4 is 11.1 Å². The topological polar surface area (TPSA) is 92.5 Å². The molecule has 8 heteroatoms. The summed E-state index contributed by atoms with van der Waals surface area (Å²) in [5.74, 6) is -3.32. The Labute approximate surface area is 147 Å². The van der Waals surface area contributed by atoms with Crippen molar-refractivity contribution in [1.29, 1.82) is 0 Å². The molecule has 0 aliphatic carbocycles. The lowest BCUT2D eigenvalue weighted by molar-refractivity contribution is -0.131. The van der Waals surface area contributed by atoms with Crippen molar-refractivity contribution in [3.8, 4) is 0 Å². The average Bonchev–Trinajstić information content (AvgIpc) is 2.82. The minimum absolute atomic E-state index is 0.0387. The molecule has 0 bridgehead atoms. The molecule has 3 N–H and O–H groups in total. The molecule has 1 fully saturated rings. The first kappa shape index (κ1) is 17.5. The molecular weight excluding hydrogens is 344 g/mol. The van der Waals surface area contributed by atoms with E-state index in [9.17, 15) is 23.2 Å². The fourth-order valence-corrected chi connectivity index (χ4v) is 2.80. The molecule has 0 saturated carbocycles. The highest BCUT2D eigenvalue weighted by atomic mass is 19.2. The molecule has 1 unspecified atom stereocenters. The number of primary amides is 1. The summed E-state index contributed by atoms with van der Waals surface area (Å²) >= 11 is 0. The van der Waals surface area contributed by atoms with Crippen LogP contribution in [-0.2, 0) is 16.9 Å². The number of carbonyl (C=O) groups is 3. The van der Waals surface area contributed by atoms with Crippen molar-refractivity contribution in [2.24, 2.45) is 5.73 Å². The van der Waals surface area contributed by atoms with Gasteiger partial charge >= 0.3 is 6.03 Å². The maximum Gasteiger partial charge on any atom is 0.325 e. The summed E-state index contributed by atoms with van der Waals surface area (Å²) in [7, 11) is 0. The monoisotopic (exact) mass is 359 g/mol. The number of amides is 4. The number of carbonyl (C=O) groups excluding carboxylic acids is 3.